The zero-order valence-corrected chi connectivity index (χ0v) is 12.4. The van der Waals surface area contributed by atoms with Crippen molar-refractivity contribution >= 4 is 33.6 Å². The van der Waals surface area contributed by atoms with Crippen LogP contribution in [0.25, 0.3) is 11.0 Å². The van der Waals surface area contributed by atoms with Crippen LogP contribution >= 0.6 is 22.6 Å². The van der Waals surface area contributed by atoms with Crippen LogP contribution in [-0.4, -0.2) is 22.9 Å². The van der Waals surface area contributed by atoms with Gasteiger partial charge in [0.2, 0.25) is 0 Å². The first kappa shape index (κ1) is 13.3. The van der Waals surface area contributed by atoms with Gasteiger partial charge in [0.15, 0.2) is 6.29 Å². The number of hydrogen-bond acceptors (Lipinski definition) is 3. The molecule has 1 saturated heterocycles. The summed E-state index contributed by atoms with van der Waals surface area (Å²) in [5, 5.41) is 0.795. The standard InChI is InChI=1S/C13H14FIN2O2/c14-8-5-9-12(15)10(17-13(9)16-6-8)7-19-11-3-1-2-4-18-11/h5-6,11H,1-4,7H2,(H,16,17). The number of halogens is 2. The first-order valence-corrected chi connectivity index (χ1v) is 7.37. The molecule has 0 radical (unpaired) electrons. The summed E-state index contributed by atoms with van der Waals surface area (Å²) >= 11 is 2.19. The fourth-order valence-corrected chi connectivity index (χ4v) is 2.89. The number of H-pyrrole nitrogens is 1. The Balaban J connectivity index is 1.75. The van der Waals surface area contributed by atoms with Crippen LogP contribution in [0.15, 0.2) is 12.3 Å². The third kappa shape index (κ3) is 2.90. The van der Waals surface area contributed by atoms with Crippen molar-refractivity contribution in [1.82, 2.24) is 9.97 Å². The Morgan fingerprint density at radius 2 is 2.42 bits per heavy atom. The monoisotopic (exact) mass is 376 g/mol. The van der Waals surface area contributed by atoms with Crippen LogP contribution in [0.5, 0.6) is 0 Å². The van der Waals surface area contributed by atoms with Gasteiger partial charge >= 0.3 is 0 Å². The number of aromatic amines is 1. The number of nitrogens with one attached hydrogen (secondary N) is 1. The molecule has 1 N–H and O–H groups in total. The summed E-state index contributed by atoms with van der Waals surface area (Å²) in [6.45, 7) is 1.20. The Morgan fingerprint density at radius 3 is 3.21 bits per heavy atom. The highest BCUT2D eigenvalue weighted by molar-refractivity contribution is 14.1. The molecule has 1 fully saturated rings. The maximum Gasteiger partial charge on any atom is 0.158 e. The number of aromatic nitrogens is 2. The van der Waals surface area contributed by atoms with Gasteiger partial charge < -0.3 is 14.5 Å². The van der Waals surface area contributed by atoms with Crippen molar-refractivity contribution < 1.29 is 13.9 Å². The third-order valence-electron chi connectivity index (χ3n) is 3.18. The average molecular weight is 376 g/mol. The highest BCUT2D eigenvalue weighted by Gasteiger charge is 2.16. The van der Waals surface area contributed by atoms with Crippen molar-refractivity contribution in [2.45, 2.75) is 32.2 Å². The van der Waals surface area contributed by atoms with Crippen LogP contribution in [0.1, 0.15) is 25.0 Å². The van der Waals surface area contributed by atoms with Gasteiger partial charge in [-0.15, -0.1) is 0 Å². The lowest BCUT2D eigenvalue weighted by Gasteiger charge is -2.22. The number of pyridine rings is 1. The summed E-state index contributed by atoms with van der Waals surface area (Å²) < 4.78 is 25.4. The van der Waals surface area contributed by atoms with E-state index in [0.29, 0.717) is 12.3 Å². The Bertz CT molecular complexity index is 581. The first-order chi connectivity index (χ1) is 9.24. The molecule has 0 spiro atoms. The molecule has 2 aromatic heterocycles. The molecule has 102 valence electrons. The summed E-state index contributed by atoms with van der Waals surface area (Å²) in [4.78, 5) is 7.20. The van der Waals surface area contributed by atoms with Crippen molar-refractivity contribution in [3.8, 4) is 0 Å². The molecule has 2 aromatic rings. The second-order valence-electron chi connectivity index (χ2n) is 4.57. The maximum absolute atomic E-state index is 13.2. The van der Waals surface area contributed by atoms with Gasteiger partial charge in [-0.3, -0.25) is 0 Å². The molecule has 1 aliphatic heterocycles. The minimum absolute atomic E-state index is 0.124. The molecule has 0 saturated carbocycles. The Morgan fingerprint density at radius 1 is 1.53 bits per heavy atom. The fraction of sp³-hybridized carbons (Fsp3) is 0.462. The quantitative estimate of drug-likeness (QED) is 0.836. The molecular weight excluding hydrogens is 362 g/mol. The molecule has 0 amide bonds. The van der Waals surface area contributed by atoms with Gasteiger partial charge in [-0.2, -0.15) is 0 Å². The van der Waals surface area contributed by atoms with Crippen molar-refractivity contribution in [3.05, 3.63) is 27.3 Å². The normalized spacial score (nSPS) is 20.0. The number of ether oxygens (including phenoxy) is 2. The molecule has 1 aliphatic rings. The van der Waals surface area contributed by atoms with Gasteiger partial charge in [0, 0.05) is 15.6 Å². The van der Waals surface area contributed by atoms with E-state index in [-0.39, 0.29) is 12.1 Å². The van der Waals surface area contributed by atoms with E-state index in [1.807, 2.05) is 0 Å². The summed E-state index contributed by atoms with van der Waals surface area (Å²) in [5.74, 6) is -0.326. The minimum Gasteiger partial charge on any atom is -0.353 e. The van der Waals surface area contributed by atoms with E-state index in [1.54, 1.807) is 0 Å². The Hall–Kier alpha value is -0.730. The lowest BCUT2D eigenvalue weighted by molar-refractivity contribution is -0.169. The third-order valence-corrected chi connectivity index (χ3v) is 4.41. The molecule has 0 aliphatic carbocycles. The van der Waals surface area contributed by atoms with E-state index in [0.717, 1.165) is 40.5 Å². The SMILES string of the molecule is Fc1cnc2[nH]c(COC3CCCCO3)c(I)c2c1. The summed E-state index contributed by atoms with van der Waals surface area (Å²) in [5.41, 5.74) is 1.61. The van der Waals surface area contributed by atoms with Gasteiger partial charge in [-0.25, -0.2) is 9.37 Å². The predicted molar refractivity (Wildman–Crippen MR) is 77.1 cm³/mol. The molecular formula is C13H14FIN2O2. The van der Waals surface area contributed by atoms with Gasteiger partial charge in [0.25, 0.3) is 0 Å². The van der Waals surface area contributed by atoms with Crippen LogP contribution in [0.4, 0.5) is 4.39 Å². The zero-order valence-electron chi connectivity index (χ0n) is 10.3. The van der Waals surface area contributed by atoms with Gasteiger partial charge in [0.05, 0.1) is 18.5 Å². The fourth-order valence-electron chi connectivity index (χ4n) is 2.18. The lowest BCUT2D eigenvalue weighted by atomic mass is 10.2. The molecule has 3 heterocycles. The molecule has 0 bridgehead atoms. The van der Waals surface area contributed by atoms with Crippen molar-refractivity contribution in [2.24, 2.45) is 0 Å². The largest absolute Gasteiger partial charge is 0.353 e. The minimum atomic E-state index is -0.326. The molecule has 3 rings (SSSR count). The van der Waals surface area contributed by atoms with E-state index in [4.69, 9.17) is 9.47 Å². The van der Waals surface area contributed by atoms with E-state index in [9.17, 15) is 4.39 Å². The molecule has 6 heteroatoms. The van der Waals surface area contributed by atoms with E-state index >= 15 is 0 Å². The average Bonchev–Trinajstić information content (AvgIpc) is 2.74. The van der Waals surface area contributed by atoms with E-state index in [2.05, 4.69) is 32.6 Å². The van der Waals surface area contributed by atoms with Crippen molar-refractivity contribution in [2.75, 3.05) is 6.61 Å². The second kappa shape index (κ2) is 5.72. The van der Waals surface area contributed by atoms with Gasteiger partial charge in [-0.1, -0.05) is 0 Å². The van der Waals surface area contributed by atoms with Crippen LogP contribution in [0, 0.1) is 9.39 Å². The van der Waals surface area contributed by atoms with E-state index in [1.165, 1.54) is 12.3 Å². The van der Waals surface area contributed by atoms with Crippen LogP contribution in [0.3, 0.4) is 0 Å². The highest BCUT2D eigenvalue weighted by Crippen LogP contribution is 2.25. The second-order valence-corrected chi connectivity index (χ2v) is 5.65. The summed E-state index contributed by atoms with van der Waals surface area (Å²) in [6, 6.07) is 1.49. The molecule has 4 nitrogen and oxygen atoms in total. The van der Waals surface area contributed by atoms with Crippen molar-refractivity contribution in [3.63, 3.8) is 0 Å². The number of nitrogens with zero attached hydrogens (tertiary/aromatic N) is 1. The smallest absolute Gasteiger partial charge is 0.158 e. The number of hydrogen-bond donors (Lipinski definition) is 1. The van der Waals surface area contributed by atoms with Crippen LogP contribution in [0.2, 0.25) is 0 Å². The predicted octanol–water partition coefficient (Wildman–Crippen LogP) is 3.35. The molecule has 1 unspecified atom stereocenters. The zero-order chi connectivity index (χ0) is 13.2. The maximum atomic E-state index is 13.2. The van der Waals surface area contributed by atoms with Gasteiger partial charge in [-0.05, 0) is 47.9 Å². The molecule has 1 atom stereocenters. The molecule has 19 heavy (non-hydrogen) atoms. The molecule has 0 aromatic carbocycles. The summed E-state index contributed by atoms with van der Waals surface area (Å²) in [7, 11) is 0. The topological polar surface area (TPSA) is 47.1 Å². The van der Waals surface area contributed by atoms with Crippen LogP contribution in [-0.2, 0) is 16.1 Å². The van der Waals surface area contributed by atoms with Crippen LogP contribution < -0.4 is 0 Å². The van der Waals surface area contributed by atoms with Crippen molar-refractivity contribution in [1.29, 1.82) is 0 Å². The number of rotatable bonds is 3. The number of fused-ring (bicyclic) bond motifs is 1. The van der Waals surface area contributed by atoms with Gasteiger partial charge in [0.1, 0.15) is 11.5 Å². The summed E-state index contributed by atoms with van der Waals surface area (Å²) in [6.07, 6.45) is 4.27. The highest BCUT2D eigenvalue weighted by atomic mass is 127. The lowest BCUT2D eigenvalue weighted by Crippen LogP contribution is -2.22. The Kier molecular flexibility index (Phi) is 3.99. The Labute approximate surface area is 123 Å². The first-order valence-electron chi connectivity index (χ1n) is 6.29. The van der Waals surface area contributed by atoms with E-state index < -0.39 is 0 Å².